The molecule has 1 aromatic heterocycles. The molecule has 2 N–H and O–H groups in total. The Labute approximate surface area is 106 Å². The van der Waals surface area contributed by atoms with Crippen molar-refractivity contribution in [2.45, 2.75) is 20.3 Å². The number of aromatic nitrogens is 2. The number of hydrogen-bond donors (Lipinski definition) is 2. The van der Waals surface area contributed by atoms with Crippen molar-refractivity contribution in [3.63, 3.8) is 0 Å². The number of ether oxygens (including phenoxy) is 1. The Bertz CT molecular complexity index is 383. The summed E-state index contributed by atoms with van der Waals surface area (Å²) in [4.78, 5) is 18.4. The van der Waals surface area contributed by atoms with Gasteiger partial charge in [0.2, 0.25) is 0 Å². The molecule has 1 heterocycles. The molecule has 0 amide bonds. The van der Waals surface area contributed by atoms with Crippen LogP contribution in [0.4, 0.5) is 5.82 Å². The van der Waals surface area contributed by atoms with E-state index >= 15 is 0 Å². The number of nitrogens with one attached hydrogen (secondary N) is 1. The van der Waals surface area contributed by atoms with Gasteiger partial charge in [0, 0.05) is 19.8 Å². The maximum absolute atomic E-state index is 10.7. The summed E-state index contributed by atoms with van der Waals surface area (Å²) in [6.45, 7) is 6.32. The predicted molar refractivity (Wildman–Crippen MR) is 67.8 cm³/mol. The smallest absolute Gasteiger partial charge is 0.356 e. The average molecular weight is 253 g/mol. The lowest BCUT2D eigenvalue weighted by molar-refractivity contribution is 0.0690. The van der Waals surface area contributed by atoms with E-state index in [-0.39, 0.29) is 5.69 Å². The Morgan fingerprint density at radius 2 is 2.28 bits per heavy atom. The largest absolute Gasteiger partial charge is 0.476 e. The van der Waals surface area contributed by atoms with Gasteiger partial charge in [0.05, 0.1) is 12.4 Å². The van der Waals surface area contributed by atoms with Crippen LogP contribution in [0.1, 0.15) is 30.8 Å². The third-order valence-electron chi connectivity index (χ3n) is 2.08. The van der Waals surface area contributed by atoms with Gasteiger partial charge in [0.1, 0.15) is 5.82 Å². The molecule has 0 unspecified atom stereocenters. The van der Waals surface area contributed by atoms with E-state index in [9.17, 15) is 4.79 Å². The van der Waals surface area contributed by atoms with Crippen LogP contribution >= 0.6 is 0 Å². The van der Waals surface area contributed by atoms with Crippen molar-refractivity contribution in [3.05, 3.63) is 18.1 Å². The molecule has 0 spiro atoms. The first kappa shape index (κ1) is 14.4. The molecule has 0 saturated heterocycles. The monoisotopic (exact) mass is 253 g/mol. The van der Waals surface area contributed by atoms with Crippen LogP contribution in [0.15, 0.2) is 12.4 Å². The number of hydrogen-bond acceptors (Lipinski definition) is 5. The molecule has 0 radical (unpaired) electrons. The molecule has 0 saturated carbocycles. The van der Waals surface area contributed by atoms with Gasteiger partial charge in [-0.15, -0.1) is 0 Å². The van der Waals surface area contributed by atoms with Crippen LogP contribution < -0.4 is 5.32 Å². The minimum atomic E-state index is -1.08. The third kappa shape index (κ3) is 5.58. The average Bonchev–Trinajstić information content (AvgIpc) is 2.33. The molecule has 0 aliphatic rings. The molecule has 0 aromatic carbocycles. The zero-order valence-electron chi connectivity index (χ0n) is 10.7. The van der Waals surface area contributed by atoms with Crippen LogP contribution in [0.25, 0.3) is 0 Å². The second kappa shape index (κ2) is 7.60. The minimum absolute atomic E-state index is 0.0592. The maximum atomic E-state index is 10.7. The number of rotatable bonds is 8. The Hall–Kier alpha value is -1.69. The van der Waals surface area contributed by atoms with Gasteiger partial charge in [-0.05, 0) is 12.3 Å². The number of nitrogens with zero attached hydrogens (tertiary/aromatic N) is 2. The lowest BCUT2D eigenvalue weighted by Crippen LogP contribution is -2.11. The molecule has 0 atom stereocenters. The lowest BCUT2D eigenvalue weighted by Gasteiger charge is -2.08. The third-order valence-corrected chi connectivity index (χ3v) is 2.08. The Morgan fingerprint density at radius 1 is 1.50 bits per heavy atom. The summed E-state index contributed by atoms with van der Waals surface area (Å²) in [5, 5.41) is 11.8. The van der Waals surface area contributed by atoms with Crippen molar-refractivity contribution in [3.8, 4) is 0 Å². The molecule has 100 valence electrons. The summed E-state index contributed by atoms with van der Waals surface area (Å²) in [6.07, 6.45) is 3.56. The molecular formula is C12H19N3O3. The summed E-state index contributed by atoms with van der Waals surface area (Å²) in [5.74, 6) is -0.0683. The fourth-order valence-corrected chi connectivity index (χ4v) is 1.26. The molecule has 0 aliphatic heterocycles. The molecule has 1 aromatic rings. The van der Waals surface area contributed by atoms with E-state index in [0.29, 0.717) is 24.9 Å². The lowest BCUT2D eigenvalue weighted by atomic mass is 10.2. The predicted octanol–water partition coefficient (Wildman–Crippen LogP) is 1.65. The number of carboxylic acids is 1. The van der Waals surface area contributed by atoms with Crippen molar-refractivity contribution in [1.29, 1.82) is 0 Å². The van der Waals surface area contributed by atoms with Gasteiger partial charge in [0.25, 0.3) is 0 Å². The minimum Gasteiger partial charge on any atom is -0.476 e. The highest BCUT2D eigenvalue weighted by Crippen LogP contribution is 2.02. The molecule has 0 aliphatic carbocycles. The van der Waals surface area contributed by atoms with E-state index in [1.807, 2.05) is 0 Å². The van der Waals surface area contributed by atoms with Crippen LogP contribution in [0, 0.1) is 5.92 Å². The van der Waals surface area contributed by atoms with Crippen molar-refractivity contribution < 1.29 is 14.6 Å². The van der Waals surface area contributed by atoms with Crippen LogP contribution in [0.2, 0.25) is 0 Å². The molecular weight excluding hydrogens is 234 g/mol. The number of aromatic carboxylic acids is 1. The highest BCUT2D eigenvalue weighted by atomic mass is 16.5. The van der Waals surface area contributed by atoms with Crippen LogP contribution in [0.5, 0.6) is 0 Å². The standard InChI is InChI=1S/C12H19N3O3/c1-9(2)8-18-5-3-4-14-11-7-13-6-10(15-11)12(16)17/h6-7,9H,3-5,8H2,1-2H3,(H,14,15)(H,16,17). The second-order valence-electron chi connectivity index (χ2n) is 4.34. The zero-order valence-corrected chi connectivity index (χ0v) is 10.7. The summed E-state index contributed by atoms with van der Waals surface area (Å²) in [5.41, 5.74) is -0.0592. The van der Waals surface area contributed by atoms with E-state index < -0.39 is 5.97 Å². The van der Waals surface area contributed by atoms with Crippen molar-refractivity contribution in [2.75, 3.05) is 25.1 Å². The first-order chi connectivity index (χ1) is 8.59. The SMILES string of the molecule is CC(C)COCCCNc1cncc(C(=O)O)n1. The van der Waals surface area contributed by atoms with Crippen molar-refractivity contribution in [1.82, 2.24) is 9.97 Å². The molecule has 18 heavy (non-hydrogen) atoms. The molecule has 6 nitrogen and oxygen atoms in total. The number of carboxylic acid groups (broad SMARTS) is 1. The maximum Gasteiger partial charge on any atom is 0.356 e. The van der Waals surface area contributed by atoms with Gasteiger partial charge >= 0.3 is 5.97 Å². The van der Waals surface area contributed by atoms with E-state index in [4.69, 9.17) is 9.84 Å². The molecule has 6 heteroatoms. The van der Waals surface area contributed by atoms with Gasteiger partial charge in [-0.1, -0.05) is 13.8 Å². The first-order valence-corrected chi connectivity index (χ1v) is 5.96. The number of carbonyl (C=O) groups is 1. The van der Waals surface area contributed by atoms with E-state index in [0.717, 1.165) is 13.0 Å². The first-order valence-electron chi connectivity index (χ1n) is 5.96. The Kier molecular flexibility index (Phi) is 6.07. The van der Waals surface area contributed by atoms with E-state index in [1.165, 1.54) is 12.4 Å². The number of anilines is 1. The normalized spacial score (nSPS) is 10.6. The van der Waals surface area contributed by atoms with Crippen molar-refractivity contribution >= 4 is 11.8 Å². The molecule has 0 bridgehead atoms. The summed E-state index contributed by atoms with van der Waals surface area (Å²) in [6, 6.07) is 0. The summed E-state index contributed by atoms with van der Waals surface area (Å²) < 4.78 is 5.42. The summed E-state index contributed by atoms with van der Waals surface area (Å²) >= 11 is 0. The van der Waals surface area contributed by atoms with E-state index in [2.05, 4.69) is 29.1 Å². The van der Waals surface area contributed by atoms with Crippen LogP contribution in [0.3, 0.4) is 0 Å². The highest BCUT2D eigenvalue weighted by molar-refractivity contribution is 5.85. The molecule has 1 rings (SSSR count). The topological polar surface area (TPSA) is 84.3 Å². The molecule has 0 fully saturated rings. The van der Waals surface area contributed by atoms with Crippen LogP contribution in [-0.4, -0.2) is 40.8 Å². The van der Waals surface area contributed by atoms with E-state index in [1.54, 1.807) is 0 Å². The van der Waals surface area contributed by atoms with Gasteiger partial charge in [-0.2, -0.15) is 0 Å². The highest BCUT2D eigenvalue weighted by Gasteiger charge is 2.05. The van der Waals surface area contributed by atoms with Gasteiger partial charge in [-0.25, -0.2) is 9.78 Å². The van der Waals surface area contributed by atoms with Crippen LogP contribution in [-0.2, 0) is 4.74 Å². The Balaban J connectivity index is 2.23. The quantitative estimate of drug-likeness (QED) is 0.685. The Morgan fingerprint density at radius 3 is 2.94 bits per heavy atom. The van der Waals surface area contributed by atoms with Crippen molar-refractivity contribution in [2.24, 2.45) is 5.92 Å². The fourth-order valence-electron chi connectivity index (χ4n) is 1.26. The second-order valence-corrected chi connectivity index (χ2v) is 4.34. The summed E-state index contributed by atoms with van der Waals surface area (Å²) in [7, 11) is 0. The van der Waals surface area contributed by atoms with Gasteiger partial charge in [0.15, 0.2) is 5.69 Å². The van der Waals surface area contributed by atoms with Gasteiger partial charge in [-0.3, -0.25) is 4.98 Å². The fraction of sp³-hybridized carbons (Fsp3) is 0.583. The zero-order chi connectivity index (χ0) is 13.4. The van der Waals surface area contributed by atoms with Gasteiger partial charge < -0.3 is 15.2 Å².